The maximum Gasteiger partial charge on any atom is 0.195 e. The van der Waals surface area contributed by atoms with Gasteiger partial charge in [-0.15, -0.1) is 17.9 Å². The number of allylic oxidation sites excluding steroid dienone is 1. The zero-order valence-corrected chi connectivity index (χ0v) is 11.6. The van der Waals surface area contributed by atoms with Gasteiger partial charge in [-0.3, -0.25) is 9.67 Å². The van der Waals surface area contributed by atoms with Gasteiger partial charge in [-0.1, -0.05) is 13.0 Å². The molecule has 2 rings (SSSR count). The zero-order chi connectivity index (χ0) is 12.4. The lowest BCUT2D eigenvalue weighted by Crippen LogP contribution is -1.99. The van der Waals surface area contributed by atoms with Gasteiger partial charge in [0.25, 0.3) is 0 Å². The van der Waals surface area contributed by atoms with Gasteiger partial charge >= 0.3 is 0 Å². The summed E-state index contributed by atoms with van der Waals surface area (Å²) in [6.07, 6.45) is 2.85. The maximum absolute atomic E-state index is 5.23. The smallest absolute Gasteiger partial charge is 0.195 e. The van der Waals surface area contributed by atoms with Crippen LogP contribution in [0, 0.1) is 11.7 Å². The van der Waals surface area contributed by atoms with Crippen LogP contribution in [-0.4, -0.2) is 14.8 Å². The molecule has 2 heterocycles. The number of hydrogen-bond acceptors (Lipinski definition) is 3. The topological polar surface area (TPSA) is 33.6 Å². The molecular formula is C12H15N3S2. The highest BCUT2D eigenvalue weighted by molar-refractivity contribution is 7.71. The Morgan fingerprint density at radius 2 is 2.41 bits per heavy atom. The highest BCUT2D eigenvalue weighted by Crippen LogP contribution is 2.30. The van der Waals surface area contributed by atoms with Crippen molar-refractivity contribution in [1.82, 2.24) is 14.8 Å². The predicted octanol–water partition coefficient (Wildman–Crippen LogP) is 3.73. The van der Waals surface area contributed by atoms with Crippen molar-refractivity contribution in [3.63, 3.8) is 0 Å². The molecule has 5 heteroatoms. The molecule has 0 aromatic carbocycles. The Hall–Kier alpha value is -1.20. The molecule has 17 heavy (non-hydrogen) atoms. The molecule has 0 spiro atoms. The molecule has 0 aliphatic rings. The van der Waals surface area contributed by atoms with Crippen molar-refractivity contribution in [3.8, 4) is 11.4 Å². The summed E-state index contributed by atoms with van der Waals surface area (Å²) in [5, 5.41) is 9.34. The van der Waals surface area contributed by atoms with Gasteiger partial charge in [0, 0.05) is 22.4 Å². The van der Waals surface area contributed by atoms with Crippen LogP contribution in [0.5, 0.6) is 0 Å². The monoisotopic (exact) mass is 265 g/mol. The van der Waals surface area contributed by atoms with Gasteiger partial charge in [-0.25, -0.2) is 0 Å². The van der Waals surface area contributed by atoms with E-state index < -0.39 is 0 Å². The highest BCUT2D eigenvalue weighted by Gasteiger charge is 2.14. The first-order chi connectivity index (χ1) is 8.19. The second-order valence-electron chi connectivity index (χ2n) is 3.79. The van der Waals surface area contributed by atoms with E-state index in [1.54, 1.807) is 11.3 Å². The summed E-state index contributed by atoms with van der Waals surface area (Å²) in [6.45, 7) is 8.75. The summed E-state index contributed by atoms with van der Waals surface area (Å²) in [5.74, 6) is 0.913. The number of nitrogens with zero attached hydrogens (tertiary/aromatic N) is 2. The Balaban J connectivity index is 2.60. The molecule has 0 radical (unpaired) electrons. The largest absolute Gasteiger partial charge is 0.296 e. The number of aromatic amines is 1. The molecule has 0 aliphatic carbocycles. The second kappa shape index (κ2) is 4.98. The number of hydrogen-bond donors (Lipinski definition) is 1. The molecule has 90 valence electrons. The summed E-state index contributed by atoms with van der Waals surface area (Å²) in [5.41, 5.74) is 2.54. The van der Waals surface area contributed by atoms with E-state index in [0.29, 0.717) is 11.3 Å². The standard InChI is InChI=1S/C12H15N3S2/c1-4-6-15-11(13-14-12(15)16)10-7-17-8(3)9(10)5-2/h4,7H,1,5-6H2,2-3H3,(H,14,16). The van der Waals surface area contributed by atoms with E-state index in [2.05, 4.69) is 36.0 Å². The second-order valence-corrected chi connectivity index (χ2v) is 5.26. The van der Waals surface area contributed by atoms with E-state index in [4.69, 9.17) is 12.2 Å². The summed E-state index contributed by atoms with van der Waals surface area (Å²) in [7, 11) is 0. The van der Waals surface area contributed by atoms with Crippen molar-refractivity contribution in [2.75, 3.05) is 0 Å². The summed E-state index contributed by atoms with van der Waals surface area (Å²) in [6, 6.07) is 0. The van der Waals surface area contributed by atoms with E-state index in [1.807, 2.05) is 10.6 Å². The van der Waals surface area contributed by atoms with Crippen LogP contribution >= 0.6 is 23.6 Å². The summed E-state index contributed by atoms with van der Waals surface area (Å²) >= 11 is 6.98. The first-order valence-corrected chi connectivity index (χ1v) is 6.81. The van der Waals surface area contributed by atoms with E-state index in [9.17, 15) is 0 Å². The quantitative estimate of drug-likeness (QED) is 0.675. The zero-order valence-electron chi connectivity index (χ0n) is 9.99. The number of aromatic nitrogens is 3. The molecule has 0 bridgehead atoms. The van der Waals surface area contributed by atoms with E-state index in [1.165, 1.54) is 16.0 Å². The van der Waals surface area contributed by atoms with Crippen LogP contribution < -0.4 is 0 Å². The SMILES string of the molecule is C=CCn1c(-c2csc(C)c2CC)n[nH]c1=S. The highest BCUT2D eigenvalue weighted by atomic mass is 32.1. The Morgan fingerprint density at radius 1 is 1.65 bits per heavy atom. The summed E-state index contributed by atoms with van der Waals surface area (Å²) in [4.78, 5) is 1.35. The molecule has 0 aliphatic heterocycles. The maximum atomic E-state index is 5.23. The van der Waals surface area contributed by atoms with Gasteiger partial charge in [-0.05, 0) is 31.1 Å². The van der Waals surface area contributed by atoms with Crippen molar-refractivity contribution < 1.29 is 0 Å². The lowest BCUT2D eigenvalue weighted by molar-refractivity contribution is 0.813. The Morgan fingerprint density at radius 3 is 3.06 bits per heavy atom. The average Bonchev–Trinajstić information content (AvgIpc) is 2.84. The minimum Gasteiger partial charge on any atom is -0.296 e. The number of thiophene rings is 1. The molecule has 0 atom stereocenters. The van der Waals surface area contributed by atoms with Gasteiger partial charge in [0.05, 0.1) is 0 Å². The number of rotatable bonds is 4. The van der Waals surface area contributed by atoms with Crippen molar-refractivity contribution >= 4 is 23.6 Å². The number of H-pyrrole nitrogens is 1. The minimum atomic E-state index is 0.644. The first-order valence-electron chi connectivity index (χ1n) is 5.52. The molecule has 2 aromatic rings. The van der Waals surface area contributed by atoms with Crippen LogP contribution in [0.4, 0.5) is 0 Å². The van der Waals surface area contributed by atoms with Crippen molar-refractivity contribution in [2.45, 2.75) is 26.8 Å². The van der Waals surface area contributed by atoms with Crippen molar-refractivity contribution in [3.05, 3.63) is 33.2 Å². The molecule has 0 fully saturated rings. The average molecular weight is 265 g/mol. The Labute approximate surface area is 110 Å². The molecule has 0 unspecified atom stereocenters. The summed E-state index contributed by atoms with van der Waals surface area (Å²) < 4.78 is 2.62. The van der Waals surface area contributed by atoms with Gasteiger partial charge in [0.15, 0.2) is 10.6 Å². The van der Waals surface area contributed by atoms with Crippen LogP contribution in [0.2, 0.25) is 0 Å². The van der Waals surface area contributed by atoms with Gasteiger partial charge in [0.2, 0.25) is 0 Å². The first kappa shape index (κ1) is 12.3. The minimum absolute atomic E-state index is 0.644. The molecule has 2 aromatic heterocycles. The lowest BCUT2D eigenvalue weighted by Gasteiger charge is -2.04. The molecule has 0 amide bonds. The molecule has 0 saturated carbocycles. The lowest BCUT2D eigenvalue weighted by atomic mass is 10.1. The van der Waals surface area contributed by atoms with E-state index in [-0.39, 0.29) is 0 Å². The normalized spacial score (nSPS) is 10.7. The van der Waals surface area contributed by atoms with Gasteiger partial charge in [-0.2, -0.15) is 5.10 Å². The predicted molar refractivity (Wildman–Crippen MR) is 75.0 cm³/mol. The third-order valence-electron chi connectivity index (χ3n) is 2.77. The van der Waals surface area contributed by atoms with Gasteiger partial charge in [0.1, 0.15) is 0 Å². The molecule has 0 saturated heterocycles. The van der Waals surface area contributed by atoms with Gasteiger partial charge < -0.3 is 0 Å². The van der Waals surface area contributed by atoms with Crippen molar-refractivity contribution in [2.24, 2.45) is 0 Å². The van der Waals surface area contributed by atoms with E-state index in [0.717, 1.165) is 12.2 Å². The van der Waals surface area contributed by atoms with Crippen LogP contribution in [0.3, 0.4) is 0 Å². The molecule has 3 nitrogen and oxygen atoms in total. The van der Waals surface area contributed by atoms with E-state index >= 15 is 0 Å². The van der Waals surface area contributed by atoms with Crippen LogP contribution in [0.15, 0.2) is 18.0 Å². The third kappa shape index (κ3) is 2.12. The molecular weight excluding hydrogens is 250 g/mol. The van der Waals surface area contributed by atoms with Crippen molar-refractivity contribution in [1.29, 1.82) is 0 Å². The van der Waals surface area contributed by atoms with Crippen LogP contribution in [0.25, 0.3) is 11.4 Å². The molecule has 1 N–H and O–H groups in total. The third-order valence-corrected chi connectivity index (χ3v) is 4.03. The fourth-order valence-corrected chi connectivity index (χ4v) is 3.07. The fourth-order valence-electron chi connectivity index (χ4n) is 1.93. The number of aryl methyl sites for hydroxylation is 1. The van der Waals surface area contributed by atoms with Crippen LogP contribution in [0.1, 0.15) is 17.4 Å². The Kier molecular flexibility index (Phi) is 3.59. The Bertz CT molecular complexity index is 589. The van der Waals surface area contributed by atoms with Crippen LogP contribution in [-0.2, 0) is 13.0 Å². The fraction of sp³-hybridized carbons (Fsp3) is 0.333. The number of nitrogens with one attached hydrogen (secondary N) is 1.